The highest BCUT2D eigenvalue weighted by Crippen LogP contribution is 1.96. The second kappa shape index (κ2) is 10.8. The summed E-state index contributed by atoms with van der Waals surface area (Å²) >= 11 is 2.03. The SMILES string of the molecule is Cl.FS.NCCc1ccccc1. The first-order valence-corrected chi connectivity index (χ1v) is 3.68. The van der Waals surface area contributed by atoms with Crippen LogP contribution in [0.1, 0.15) is 5.56 Å². The molecule has 0 radical (unpaired) electrons. The van der Waals surface area contributed by atoms with Crippen LogP contribution in [0.5, 0.6) is 0 Å². The lowest BCUT2D eigenvalue weighted by Gasteiger charge is -1.93. The van der Waals surface area contributed by atoms with Crippen LogP contribution in [0.2, 0.25) is 0 Å². The van der Waals surface area contributed by atoms with Gasteiger partial charge < -0.3 is 5.73 Å². The molecule has 0 atom stereocenters. The van der Waals surface area contributed by atoms with Crippen molar-refractivity contribution in [2.45, 2.75) is 6.42 Å². The fourth-order valence-corrected chi connectivity index (χ4v) is 0.811. The first-order chi connectivity index (χ1) is 5.43. The Kier molecular flexibility index (Phi) is 12.8. The minimum absolute atomic E-state index is 0. The van der Waals surface area contributed by atoms with Gasteiger partial charge in [-0.2, -0.15) is 3.89 Å². The first kappa shape index (κ1) is 14.3. The van der Waals surface area contributed by atoms with Crippen LogP contribution in [0.15, 0.2) is 30.3 Å². The van der Waals surface area contributed by atoms with E-state index in [2.05, 4.69) is 12.1 Å². The monoisotopic (exact) mass is 209 g/mol. The Labute approximate surface area is 84.3 Å². The maximum atomic E-state index is 9.19. The van der Waals surface area contributed by atoms with Gasteiger partial charge in [-0.1, -0.05) is 30.3 Å². The van der Waals surface area contributed by atoms with E-state index in [9.17, 15) is 3.89 Å². The molecule has 0 aliphatic rings. The van der Waals surface area contributed by atoms with Crippen LogP contribution in [-0.4, -0.2) is 6.54 Å². The highest BCUT2D eigenvalue weighted by molar-refractivity contribution is 7.74. The summed E-state index contributed by atoms with van der Waals surface area (Å²) < 4.78 is 9.19. The van der Waals surface area contributed by atoms with Crippen LogP contribution in [0.4, 0.5) is 3.89 Å². The average molecular weight is 210 g/mol. The van der Waals surface area contributed by atoms with E-state index in [0.29, 0.717) is 0 Å². The number of hydrogen-bond acceptors (Lipinski definition) is 2. The fraction of sp³-hybridized carbons (Fsp3) is 0.250. The quantitative estimate of drug-likeness (QED) is 0.719. The van der Waals surface area contributed by atoms with Crippen molar-refractivity contribution in [3.8, 4) is 0 Å². The molecular formula is C8H13ClFNS. The molecule has 0 saturated carbocycles. The Hall–Kier alpha value is -0.250. The maximum absolute atomic E-state index is 9.19. The molecule has 0 aromatic heterocycles. The number of nitrogens with two attached hydrogens (primary N) is 1. The van der Waals surface area contributed by atoms with E-state index in [1.54, 1.807) is 0 Å². The second-order valence-corrected chi connectivity index (χ2v) is 2.02. The van der Waals surface area contributed by atoms with E-state index >= 15 is 0 Å². The van der Waals surface area contributed by atoms with Crippen molar-refractivity contribution in [1.29, 1.82) is 0 Å². The van der Waals surface area contributed by atoms with Crippen LogP contribution in [0.3, 0.4) is 0 Å². The van der Waals surface area contributed by atoms with Crippen molar-refractivity contribution >= 4 is 25.4 Å². The zero-order valence-corrected chi connectivity index (χ0v) is 8.32. The lowest BCUT2D eigenvalue weighted by atomic mass is 10.2. The van der Waals surface area contributed by atoms with Gasteiger partial charge in [0.15, 0.2) is 0 Å². The molecule has 1 nitrogen and oxygen atoms in total. The lowest BCUT2D eigenvalue weighted by Crippen LogP contribution is -2.01. The first-order valence-electron chi connectivity index (χ1n) is 3.34. The van der Waals surface area contributed by atoms with Crippen LogP contribution < -0.4 is 5.73 Å². The molecule has 0 aliphatic heterocycles. The van der Waals surface area contributed by atoms with E-state index in [1.165, 1.54) is 5.56 Å². The van der Waals surface area contributed by atoms with E-state index in [0.717, 1.165) is 13.0 Å². The van der Waals surface area contributed by atoms with E-state index in [1.807, 2.05) is 31.2 Å². The minimum Gasteiger partial charge on any atom is -0.330 e. The van der Waals surface area contributed by atoms with Crippen molar-refractivity contribution in [1.82, 2.24) is 0 Å². The highest BCUT2D eigenvalue weighted by Gasteiger charge is 1.84. The Morgan fingerprint density at radius 1 is 1.17 bits per heavy atom. The number of hydrogen-bond donors (Lipinski definition) is 2. The maximum Gasteiger partial charge on any atom is 0.0278 e. The van der Waals surface area contributed by atoms with Gasteiger partial charge in [0.2, 0.25) is 0 Å². The zero-order valence-electron chi connectivity index (χ0n) is 6.61. The molecule has 2 N–H and O–H groups in total. The fourth-order valence-electron chi connectivity index (χ4n) is 0.811. The average Bonchev–Trinajstić information content (AvgIpc) is 2.11. The van der Waals surface area contributed by atoms with Crippen molar-refractivity contribution in [3.05, 3.63) is 35.9 Å². The van der Waals surface area contributed by atoms with E-state index < -0.39 is 0 Å². The molecule has 0 aliphatic carbocycles. The molecule has 1 aromatic rings. The molecule has 0 unspecified atom stereocenters. The number of halogens is 2. The van der Waals surface area contributed by atoms with Gasteiger partial charge >= 0.3 is 0 Å². The number of rotatable bonds is 2. The van der Waals surface area contributed by atoms with Gasteiger partial charge in [0.05, 0.1) is 0 Å². The van der Waals surface area contributed by atoms with Gasteiger partial charge in [0.1, 0.15) is 0 Å². The molecule has 0 bridgehead atoms. The summed E-state index contributed by atoms with van der Waals surface area (Å²) in [6, 6.07) is 10.3. The standard InChI is InChI=1S/C8H11N.ClH.FHS/c9-7-6-8-4-2-1-3-5-8;;1-2/h1-5H,6-7,9H2;1H;2H. The zero-order chi connectivity index (χ0) is 8.53. The molecule has 0 spiro atoms. The van der Waals surface area contributed by atoms with Crippen molar-refractivity contribution in [2.75, 3.05) is 6.54 Å². The summed E-state index contributed by atoms with van der Waals surface area (Å²) in [6.07, 6.45) is 0.987. The molecule has 4 heteroatoms. The van der Waals surface area contributed by atoms with Gasteiger partial charge in [-0.25, -0.2) is 0 Å². The summed E-state index contributed by atoms with van der Waals surface area (Å²) in [5.74, 6) is 0. The number of benzene rings is 1. The molecule has 1 aromatic carbocycles. The topological polar surface area (TPSA) is 26.0 Å². The van der Waals surface area contributed by atoms with Gasteiger partial charge in [0, 0.05) is 13.0 Å². The molecular weight excluding hydrogens is 197 g/mol. The lowest BCUT2D eigenvalue weighted by molar-refractivity contribution is 0.957. The van der Waals surface area contributed by atoms with Crippen LogP contribution in [0.25, 0.3) is 0 Å². The van der Waals surface area contributed by atoms with Gasteiger partial charge in [-0.15, -0.1) is 12.4 Å². The van der Waals surface area contributed by atoms with Crippen LogP contribution in [-0.2, 0) is 6.42 Å². The summed E-state index contributed by atoms with van der Waals surface area (Å²) in [5.41, 5.74) is 6.68. The molecule has 0 saturated heterocycles. The third-order valence-electron chi connectivity index (χ3n) is 1.28. The third-order valence-corrected chi connectivity index (χ3v) is 1.28. The van der Waals surface area contributed by atoms with Gasteiger partial charge in [-0.3, -0.25) is 0 Å². The van der Waals surface area contributed by atoms with E-state index in [-0.39, 0.29) is 12.4 Å². The molecule has 0 amide bonds. The van der Waals surface area contributed by atoms with Crippen molar-refractivity contribution < 1.29 is 3.89 Å². The molecule has 70 valence electrons. The van der Waals surface area contributed by atoms with E-state index in [4.69, 9.17) is 5.73 Å². The smallest absolute Gasteiger partial charge is 0.0278 e. The largest absolute Gasteiger partial charge is 0.330 e. The van der Waals surface area contributed by atoms with Gasteiger partial charge in [0.25, 0.3) is 0 Å². The highest BCUT2D eigenvalue weighted by atomic mass is 35.5. The van der Waals surface area contributed by atoms with Crippen molar-refractivity contribution in [3.63, 3.8) is 0 Å². The molecule has 0 fully saturated rings. The predicted octanol–water partition coefficient (Wildman–Crippen LogP) is 2.41. The van der Waals surface area contributed by atoms with Crippen LogP contribution >= 0.6 is 25.4 Å². The molecule has 1 rings (SSSR count). The van der Waals surface area contributed by atoms with Crippen molar-refractivity contribution in [2.24, 2.45) is 5.73 Å². The Morgan fingerprint density at radius 2 is 1.67 bits per heavy atom. The normalized spacial score (nSPS) is 7.58. The Bertz CT molecular complexity index is 172. The Morgan fingerprint density at radius 3 is 2.08 bits per heavy atom. The minimum atomic E-state index is 0. The third kappa shape index (κ3) is 6.46. The summed E-state index contributed by atoms with van der Waals surface area (Å²) in [4.78, 5) is 0. The second-order valence-electron chi connectivity index (χ2n) is 2.02. The van der Waals surface area contributed by atoms with Crippen LogP contribution in [0, 0.1) is 0 Å². The predicted molar refractivity (Wildman–Crippen MR) is 56.5 cm³/mol. The number of thiol groups is 1. The summed E-state index contributed by atoms with van der Waals surface area (Å²) in [5, 5.41) is 0. The van der Waals surface area contributed by atoms with Gasteiger partial charge in [-0.05, 0) is 18.5 Å². The molecule has 0 heterocycles. The summed E-state index contributed by atoms with van der Waals surface area (Å²) in [7, 11) is 0. The Balaban J connectivity index is 0. The summed E-state index contributed by atoms with van der Waals surface area (Å²) in [6.45, 7) is 0.740. The molecule has 12 heavy (non-hydrogen) atoms.